The van der Waals surface area contributed by atoms with Crippen LogP contribution in [0.15, 0.2) is 12.3 Å². The molecule has 0 bridgehead atoms. The molecule has 0 saturated carbocycles. The maximum Gasteiger partial charge on any atom is 0.289 e. The molecule has 5 nitrogen and oxygen atoms in total. The lowest BCUT2D eigenvalue weighted by atomic mass is 10.3. The third-order valence-electron chi connectivity index (χ3n) is 2.42. The first-order chi connectivity index (χ1) is 7.97. The molecule has 1 atom stereocenters. The first-order valence-electron chi connectivity index (χ1n) is 4.99. The first kappa shape index (κ1) is 14.1. The van der Waals surface area contributed by atoms with Crippen LogP contribution in [0.2, 0.25) is 5.02 Å². The van der Waals surface area contributed by atoms with Crippen molar-refractivity contribution in [3.63, 3.8) is 0 Å². The van der Waals surface area contributed by atoms with Gasteiger partial charge >= 0.3 is 0 Å². The second-order valence-electron chi connectivity index (χ2n) is 3.67. The summed E-state index contributed by atoms with van der Waals surface area (Å²) in [4.78, 5) is 16.0. The third-order valence-corrected chi connectivity index (χ3v) is 3.52. The Morgan fingerprint density at radius 1 is 1.71 bits per heavy atom. The monoisotopic (exact) mass is 275 g/mol. The minimum Gasteiger partial charge on any atom is -0.355 e. The van der Waals surface area contributed by atoms with E-state index in [2.05, 4.69) is 11.9 Å². The van der Waals surface area contributed by atoms with Crippen LogP contribution in [-0.2, 0) is 0 Å². The minimum absolute atomic E-state index is 0.0929. The van der Waals surface area contributed by atoms with Crippen LogP contribution >= 0.6 is 23.4 Å². The lowest BCUT2D eigenvalue weighted by molar-refractivity contribution is -0.385. The van der Waals surface area contributed by atoms with Gasteiger partial charge < -0.3 is 4.90 Å². The molecule has 1 heterocycles. The summed E-state index contributed by atoms with van der Waals surface area (Å²) in [6.07, 6.45) is 3.25. The van der Waals surface area contributed by atoms with E-state index in [9.17, 15) is 10.1 Å². The van der Waals surface area contributed by atoms with Crippen LogP contribution in [0.4, 0.5) is 11.5 Å². The molecular weight excluding hydrogens is 262 g/mol. The van der Waals surface area contributed by atoms with Crippen molar-refractivity contribution < 1.29 is 4.92 Å². The molecule has 0 aliphatic rings. The highest BCUT2D eigenvalue weighted by Gasteiger charge is 2.17. The van der Waals surface area contributed by atoms with Crippen molar-refractivity contribution in [1.82, 2.24) is 4.98 Å². The quantitative estimate of drug-likeness (QED) is 0.611. The normalized spacial score (nSPS) is 12.2. The smallest absolute Gasteiger partial charge is 0.289 e. The van der Waals surface area contributed by atoms with Crippen LogP contribution in [0.3, 0.4) is 0 Å². The molecule has 0 N–H and O–H groups in total. The maximum absolute atomic E-state index is 10.6. The number of aromatic nitrogens is 1. The summed E-state index contributed by atoms with van der Waals surface area (Å²) >= 11 is 7.72. The van der Waals surface area contributed by atoms with E-state index in [4.69, 9.17) is 11.6 Å². The number of nitrogens with zero attached hydrogens (tertiary/aromatic N) is 3. The molecule has 0 radical (unpaired) electrons. The van der Waals surface area contributed by atoms with E-state index in [1.165, 1.54) is 12.3 Å². The largest absolute Gasteiger partial charge is 0.355 e. The van der Waals surface area contributed by atoms with Gasteiger partial charge in [-0.25, -0.2) is 4.98 Å². The zero-order valence-electron chi connectivity index (χ0n) is 9.88. The number of halogens is 1. The van der Waals surface area contributed by atoms with Gasteiger partial charge in [-0.1, -0.05) is 11.6 Å². The molecule has 0 aromatic carbocycles. The van der Waals surface area contributed by atoms with E-state index in [1.807, 2.05) is 18.2 Å². The number of thioether (sulfide) groups is 1. The van der Waals surface area contributed by atoms with Gasteiger partial charge in [-0.05, 0) is 13.2 Å². The van der Waals surface area contributed by atoms with Crippen LogP contribution in [0, 0.1) is 10.1 Å². The first-order valence-corrected chi connectivity index (χ1v) is 6.76. The van der Waals surface area contributed by atoms with E-state index in [0.717, 1.165) is 5.75 Å². The maximum atomic E-state index is 10.6. The lowest BCUT2D eigenvalue weighted by Crippen LogP contribution is -2.31. The van der Waals surface area contributed by atoms with Gasteiger partial charge in [0.25, 0.3) is 5.69 Å². The SMILES string of the molecule is CSCC(C)N(C)c1ncc([N+](=O)[O-])cc1Cl. The number of hydrogen-bond acceptors (Lipinski definition) is 5. The molecule has 1 unspecified atom stereocenters. The van der Waals surface area contributed by atoms with Gasteiger partial charge in [0.1, 0.15) is 12.0 Å². The van der Waals surface area contributed by atoms with Gasteiger partial charge in [-0.2, -0.15) is 11.8 Å². The van der Waals surface area contributed by atoms with Crippen molar-refractivity contribution in [2.24, 2.45) is 0 Å². The van der Waals surface area contributed by atoms with E-state index < -0.39 is 4.92 Å². The molecule has 0 aliphatic carbocycles. The fourth-order valence-corrected chi connectivity index (χ4v) is 2.34. The van der Waals surface area contributed by atoms with Crippen LogP contribution in [0.5, 0.6) is 0 Å². The Morgan fingerprint density at radius 3 is 2.82 bits per heavy atom. The molecule has 17 heavy (non-hydrogen) atoms. The molecule has 0 spiro atoms. The van der Waals surface area contributed by atoms with E-state index >= 15 is 0 Å². The fourth-order valence-electron chi connectivity index (χ4n) is 1.34. The van der Waals surface area contributed by atoms with Crippen LogP contribution in [0.1, 0.15) is 6.92 Å². The van der Waals surface area contributed by atoms with Gasteiger partial charge in [-0.15, -0.1) is 0 Å². The highest BCUT2D eigenvalue weighted by molar-refractivity contribution is 7.98. The Labute approximate surface area is 109 Å². The standard InChI is InChI=1S/C10H14ClN3O2S/c1-7(6-17-3)13(2)10-9(11)4-8(5-12-10)14(15)16/h4-5,7H,6H2,1-3H3. The Morgan fingerprint density at radius 2 is 2.35 bits per heavy atom. The second kappa shape index (κ2) is 6.07. The van der Waals surface area contributed by atoms with Gasteiger partial charge in [0.05, 0.1) is 9.95 Å². The van der Waals surface area contributed by atoms with E-state index in [0.29, 0.717) is 10.8 Å². The summed E-state index contributed by atoms with van der Waals surface area (Å²) in [6, 6.07) is 1.59. The second-order valence-corrected chi connectivity index (χ2v) is 4.99. The van der Waals surface area contributed by atoms with Crippen molar-refractivity contribution in [2.75, 3.05) is 24.0 Å². The van der Waals surface area contributed by atoms with Gasteiger partial charge in [-0.3, -0.25) is 10.1 Å². The summed E-state index contributed by atoms with van der Waals surface area (Å²) in [6.45, 7) is 2.05. The molecule has 1 aromatic heterocycles. The zero-order chi connectivity index (χ0) is 13.0. The number of hydrogen-bond donors (Lipinski definition) is 0. The fraction of sp³-hybridized carbons (Fsp3) is 0.500. The summed E-state index contributed by atoms with van der Waals surface area (Å²) in [7, 11) is 1.88. The van der Waals surface area contributed by atoms with Crippen molar-refractivity contribution in [1.29, 1.82) is 0 Å². The highest BCUT2D eigenvalue weighted by Crippen LogP contribution is 2.27. The molecule has 0 aliphatic heterocycles. The van der Waals surface area contributed by atoms with Crippen molar-refractivity contribution in [3.05, 3.63) is 27.4 Å². The minimum atomic E-state index is -0.506. The molecule has 1 aromatic rings. The Balaban J connectivity index is 2.95. The van der Waals surface area contributed by atoms with E-state index in [1.54, 1.807) is 11.8 Å². The summed E-state index contributed by atoms with van der Waals surface area (Å²) in [5, 5.41) is 10.9. The van der Waals surface area contributed by atoms with Crippen LogP contribution in [0.25, 0.3) is 0 Å². The predicted octanol–water partition coefficient (Wildman–Crippen LogP) is 2.83. The van der Waals surface area contributed by atoms with Crippen LogP contribution < -0.4 is 4.90 Å². The number of nitro groups is 1. The molecule has 1 rings (SSSR count). The molecule has 7 heteroatoms. The number of pyridine rings is 1. The average molecular weight is 276 g/mol. The average Bonchev–Trinajstić information content (AvgIpc) is 2.28. The van der Waals surface area contributed by atoms with Gasteiger partial charge in [0.15, 0.2) is 0 Å². The van der Waals surface area contributed by atoms with Crippen molar-refractivity contribution in [3.8, 4) is 0 Å². The summed E-state index contributed by atoms with van der Waals surface area (Å²) in [5.74, 6) is 1.50. The summed E-state index contributed by atoms with van der Waals surface area (Å²) in [5.41, 5.74) is -0.0929. The third kappa shape index (κ3) is 3.47. The highest BCUT2D eigenvalue weighted by atomic mass is 35.5. The predicted molar refractivity (Wildman–Crippen MR) is 72.1 cm³/mol. The molecule has 94 valence electrons. The van der Waals surface area contributed by atoms with Crippen LogP contribution in [-0.4, -0.2) is 35.0 Å². The zero-order valence-corrected chi connectivity index (χ0v) is 11.5. The van der Waals surface area contributed by atoms with Crippen molar-refractivity contribution in [2.45, 2.75) is 13.0 Å². The Bertz CT molecular complexity index is 417. The van der Waals surface area contributed by atoms with Gasteiger partial charge in [0, 0.05) is 24.9 Å². The topological polar surface area (TPSA) is 59.3 Å². The number of rotatable bonds is 5. The Hall–Kier alpha value is -1.01. The van der Waals surface area contributed by atoms with Gasteiger partial charge in [0.2, 0.25) is 0 Å². The molecule has 0 fully saturated rings. The Kier molecular flexibility index (Phi) is 5.02. The van der Waals surface area contributed by atoms with E-state index in [-0.39, 0.29) is 11.7 Å². The summed E-state index contributed by atoms with van der Waals surface area (Å²) < 4.78 is 0. The molecular formula is C10H14ClN3O2S. The molecule has 0 saturated heterocycles. The number of anilines is 1. The lowest BCUT2D eigenvalue weighted by Gasteiger charge is -2.25. The molecule has 0 amide bonds. The van der Waals surface area contributed by atoms with Crippen molar-refractivity contribution >= 4 is 34.9 Å².